The van der Waals surface area contributed by atoms with Crippen LogP contribution in [0.4, 0.5) is 11.4 Å². The van der Waals surface area contributed by atoms with Gasteiger partial charge in [-0.05, 0) is 68.9 Å². The Bertz CT molecular complexity index is 1140. The van der Waals surface area contributed by atoms with Gasteiger partial charge in [0.1, 0.15) is 12.2 Å². The van der Waals surface area contributed by atoms with Gasteiger partial charge in [0.15, 0.2) is 6.73 Å². The lowest BCUT2D eigenvalue weighted by atomic mass is 9.85. The molecule has 9 heteroatoms. The molecule has 2 heterocycles. The number of benzene rings is 2. The molecule has 0 saturated carbocycles. The summed E-state index contributed by atoms with van der Waals surface area (Å²) >= 11 is 12.6. The predicted octanol–water partition coefficient (Wildman–Crippen LogP) is 4.75. The Morgan fingerprint density at radius 2 is 2.03 bits per heavy atom. The van der Waals surface area contributed by atoms with Gasteiger partial charge in [0.05, 0.1) is 15.7 Å². The quantitative estimate of drug-likeness (QED) is 0.473. The molecule has 1 saturated heterocycles. The van der Waals surface area contributed by atoms with Crippen LogP contribution in [0.1, 0.15) is 25.0 Å². The number of fused-ring (bicyclic) bond motifs is 1. The Kier molecular flexibility index (Phi) is 6.74. The highest BCUT2D eigenvalue weighted by Crippen LogP contribution is 2.35. The summed E-state index contributed by atoms with van der Waals surface area (Å²) in [4.78, 5) is 22.7. The number of hydrogen-bond acceptors (Lipinski definition) is 6. The molecular formula is C24H25Cl2N5O2. The average Bonchev–Trinajstić information content (AvgIpc) is 2.77. The second-order valence-corrected chi connectivity index (χ2v) is 9.09. The zero-order chi connectivity index (χ0) is 23.6. The van der Waals surface area contributed by atoms with E-state index in [0.29, 0.717) is 15.7 Å². The van der Waals surface area contributed by atoms with Crippen LogP contribution in [0.2, 0.25) is 10.0 Å². The highest BCUT2D eigenvalue weighted by Gasteiger charge is 2.33. The van der Waals surface area contributed by atoms with Gasteiger partial charge in [0.25, 0.3) is 5.91 Å². The van der Waals surface area contributed by atoms with Gasteiger partial charge in [0.2, 0.25) is 5.90 Å². The topological polar surface area (TPSA) is 78.3 Å². The summed E-state index contributed by atoms with van der Waals surface area (Å²) in [5.41, 5.74) is 4.07. The number of nitrogens with one attached hydrogen (secondary N) is 2. The number of ether oxygens (including phenoxy) is 1. The van der Waals surface area contributed by atoms with E-state index in [1.165, 1.54) is 22.2 Å². The number of nitrogens with zero attached hydrogens (tertiary/aromatic N) is 3. The lowest BCUT2D eigenvalue weighted by molar-refractivity contribution is -0.116. The van der Waals surface area contributed by atoms with Crippen molar-refractivity contribution in [1.82, 2.24) is 5.32 Å². The minimum absolute atomic E-state index is 0.0452. The van der Waals surface area contributed by atoms with Crippen molar-refractivity contribution in [2.75, 3.05) is 30.2 Å². The number of rotatable bonds is 5. The van der Waals surface area contributed by atoms with Crippen molar-refractivity contribution in [3.05, 3.63) is 69.3 Å². The first-order chi connectivity index (χ1) is 15.8. The molecule has 7 nitrogen and oxygen atoms in total. The van der Waals surface area contributed by atoms with Gasteiger partial charge in [-0.15, -0.1) is 0 Å². The van der Waals surface area contributed by atoms with Crippen LogP contribution in [0, 0.1) is 0 Å². The summed E-state index contributed by atoms with van der Waals surface area (Å²) in [7, 11) is 0. The van der Waals surface area contributed by atoms with E-state index in [0.717, 1.165) is 18.7 Å². The highest BCUT2D eigenvalue weighted by atomic mass is 35.5. The molecule has 172 valence electrons. The van der Waals surface area contributed by atoms with E-state index in [9.17, 15) is 4.79 Å². The van der Waals surface area contributed by atoms with Crippen molar-refractivity contribution in [3.63, 3.8) is 0 Å². The van der Waals surface area contributed by atoms with Crippen LogP contribution in [-0.4, -0.2) is 38.5 Å². The second kappa shape index (κ2) is 9.55. The van der Waals surface area contributed by atoms with E-state index in [-0.39, 0.29) is 36.3 Å². The van der Waals surface area contributed by atoms with Crippen molar-refractivity contribution in [2.24, 2.45) is 9.98 Å². The summed E-state index contributed by atoms with van der Waals surface area (Å²) in [5.74, 6) is -0.187. The van der Waals surface area contributed by atoms with Gasteiger partial charge in [-0.3, -0.25) is 14.7 Å². The Balaban J connectivity index is 1.50. The number of hydrogen-bond donors (Lipinski definition) is 2. The molecule has 2 aromatic carbocycles. The molecule has 4 rings (SSSR count). The van der Waals surface area contributed by atoms with E-state index < -0.39 is 0 Å². The first-order valence-corrected chi connectivity index (χ1v) is 11.3. The lowest BCUT2D eigenvalue weighted by Gasteiger charge is -2.34. The molecule has 0 atom stereocenters. The summed E-state index contributed by atoms with van der Waals surface area (Å²) in [6, 6.07) is 11.3. The molecule has 1 amide bonds. The molecule has 2 N–H and O–H groups in total. The Labute approximate surface area is 203 Å². The van der Waals surface area contributed by atoms with Gasteiger partial charge in [-0.2, -0.15) is 0 Å². The van der Waals surface area contributed by atoms with Crippen LogP contribution >= 0.6 is 23.2 Å². The van der Waals surface area contributed by atoms with Gasteiger partial charge in [0, 0.05) is 17.4 Å². The van der Waals surface area contributed by atoms with Crippen LogP contribution in [0.15, 0.2) is 58.2 Å². The highest BCUT2D eigenvalue weighted by molar-refractivity contribution is 6.41. The fourth-order valence-corrected chi connectivity index (χ4v) is 4.67. The zero-order valence-corrected chi connectivity index (χ0v) is 20.0. The Morgan fingerprint density at radius 3 is 2.76 bits per heavy atom. The molecule has 0 unspecified atom stereocenters. The minimum atomic E-state index is -0.370. The van der Waals surface area contributed by atoms with Gasteiger partial charge in [-0.25, -0.2) is 4.99 Å². The monoisotopic (exact) mass is 485 g/mol. The Hall–Kier alpha value is -2.87. The maximum absolute atomic E-state index is 13.2. The van der Waals surface area contributed by atoms with Crippen LogP contribution in [-0.2, 0) is 21.5 Å². The molecule has 2 aromatic rings. The summed E-state index contributed by atoms with van der Waals surface area (Å²) in [5, 5.41) is 7.50. The molecule has 2 aliphatic rings. The van der Waals surface area contributed by atoms with E-state index >= 15 is 0 Å². The SMILES string of the molecule is C=N/C=C1/C(=O)N(c2c(Cl)cccc2Cl)CO/C1=N/CNc1ccc2c(c1)CCNC2(C)C. The van der Waals surface area contributed by atoms with Crippen molar-refractivity contribution in [2.45, 2.75) is 25.8 Å². The fraction of sp³-hybridized carbons (Fsp3) is 0.292. The second-order valence-electron chi connectivity index (χ2n) is 8.27. The van der Waals surface area contributed by atoms with E-state index in [2.05, 4.69) is 53.3 Å². The largest absolute Gasteiger partial charge is 0.455 e. The lowest BCUT2D eigenvalue weighted by Crippen LogP contribution is -2.43. The maximum atomic E-state index is 13.2. The van der Waals surface area contributed by atoms with Gasteiger partial charge >= 0.3 is 0 Å². The number of carbonyl (C=O) groups excluding carboxylic acids is 1. The van der Waals surface area contributed by atoms with E-state index in [4.69, 9.17) is 27.9 Å². The van der Waals surface area contributed by atoms with Crippen LogP contribution in [0.25, 0.3) is 0 Å². The van der Waals surface area contributed by atoms with Crippen LogP contribution in [0.3, 0.4) is 0 Å². The van der Waals surface area contributed by atoms with E-state index in [1.807, 2.05) is 6.07 Å². The zero-order valence-electron chi connectivity index (χ0n) is 18.5. The Morgan fingerprint density at radius 1 is 1.27 bits per heavy atom. The third-order valence-electron chi connectivity index (χ3n) is 5.71. The maximum Gasteiger partial charge on any atom is 0.268 e. The minimum Gasteiger partial charge on any atom is -0.455 e. The van der Waals surface area contributed by atoms with Crippen molar-refractivity contribution < 1.29 is 9.53 Å². The first-order valence-electron chi connectivity index (χ1n) is 10.5. The van der Waals surface area contributed by atoms with Gasteiger partial charge < -0.3 is 15.4 Å². The summed E-state index contributed by atoms with van der Waals surface area (Å²) in [6.07, 6.45) is 2.30. The smallest absolute Gasteiger partial charge is 0.268 e. The van der Waals surface area contributed by atoms with E-state index in [1.54, 1.807) is 18.2 Å². The van der Waals surface area contributed by atoms with Crippen molar-refractivity contribution in [3.8, 4) is 0 Å². The molecule has 1 fully saturated rings. The first kappa shape index (κ1) is 23.3. The standard InChI is InChI=1S/C24H25Cl2N5O2/c1-24(2)18-8-7-16(11-15(18)9-10-30-24)28-13-29-22-17(12-27-3)23(32)31(14-33-22)21-19(25)5-4-6-20(21)26/h4-8,11-12,28,30H,3,9-10,13-14H2,1-2H3/b17-12+,29-22+. The van der Waals surface area contributed by atoms with Crippen LogP contribution < -0.4 is 15.5 Å². The molecule has 0 spiro atoms. The number of para-hydroxylation sites is 1. The third kappa shape index (κ3) is 4.76. The molecule has 0 bridgehead atoms. The molecule has 0 aliphatic carbocycles. The molecule has 2 aliphatic heterocycles. The van der Waals surface area contributed by atoms with Crippen molar-refractivity contribution >= 4 is 53.1 Å². The summed E-state index contributed by atoms with van der Waals surface area (Å²) in [6.45, 7) is 8.92. The molecule has 0 aromatic heterocycles. The number of carbonyl (C=O) groups is 1. The predicted molar refractivity (Wildman–Crippen MR) is 135 cm³/mol. The average molecular weight is 486 g/mol. The van der Waals surface area contributed by atoms with Crippen LogP contribution in [0.5, 0.6) is 0 Å². The molecule has 0 radical (unpaired) electrons. The number of halogens is 2. The normalized spacial score (nSPS) is 19.9. The number of aliphatic imine (C=N–C) groups is 2. The summed E-state index contributed by atoms with van der Waals surface area (Å²) < 4.78 is 5.78. The van der Waals surface area contributed by atoms with Gasteiger partial charge in [-0.1, -0.05) is 35.3 Å². The number of amides is 1. The third-order valence-corrected chi connectivity index (χ3v) is 6.32. The molecular weight excluding hydrogens is 461 g/mol. The molecule has 33 heavy (non-hydrogen) atoms. The van der Waals surface area contributed by atoms with Crippen molar-refractivity contribution in [1.29, 1.82) is 0 Å². The fourth-order valence-electron chi connectivity index (χ4n) is 4.07. The number of anilines is 2.